The predicted octanol–water partition coefficient (Wildman–Crippen LogP) is 2.11. The highest BCUT2D eigenvalue weighted by molar-refractivity contribution is 5.89. The van der Waals surface area contributed by atoms with Crippen molar-refractivity contribution in [3.63, 3.8) is 0 Å². The van der Waals surface area contributed by atoms with Crippen molar-refractivity contribution < 1.29 is 75.8 Å². The van der Waals surface area contributed by atoms with Crippen molar-refractivity contribution in [2.45, 2.75) is 91.3 Å². The topological polar surface area (TPSA) is 184 Å². The van der Waals surface area contributed by atoms with Crippen LogP contribution in [0.5, 0.6) is 0 Å². The van der Waals surface area contributed by atoms with Gasteiger partial charge in [-0.2, -0.15) is 9.13 Å². The molecule has 2 aromatic rings. The fourth-order valence-electron chi connectivity index (χ4n) is 6.01. The Bertz CT molecular complexity index is 1610. The van der Waals surface area contributed by atoms with E-state index >= 15 is 0 Å². The minimum Gasteiger partial charge on any atom is -0.463 e. The van der Waals surface area contributed by atoms with Crippen LogP contribution < -0.4 is 9.13 Å². The number of ether oxygens (including phenoxy) is 8. The Hall–Kier alpha value is -4.96. The number of rotatable bonds is 15. The first-order valence-electron chi connectivity index (χ1n) is 17.0. The van der Waals surface area contributed by atoms with E-state index in [-0.39, 0.29) is 49.4 Å². The van der Waals surface area contributed by atoms with Gasteiger partial charge in [-0.1, -0.05) is 6.92 Å². The maximum atomic E-state index is 12.9. The average molecular weight is 731 g/mol. The number of nitrogens with zero attached hydrogens (tertiary/aromatic N) is 2. The second kappa shape index (κ2) is 18.5. The van der Waals surface area contributed by atoms with Crippen molar-refractivity contribution in [1.82, 2.24) is 0 Å². The van der Waals surface area contributed by atoms with Gasteiger partial charge in [-0.25, -0.2) is 9.59 Å². The Morgan fingerprint density at radius 1 is 0.596 bits per heavy atom. The van der Waals surface area contributed by atoms with Gasteiger partial charge < -0.3 is 37.9 Å². The lowest BCUT2D eigenvalue weighted by molar-refractivity contribution is -0.765. The average Bonchev–Trinajstić information content (AvgIpc) is 3.58. The third-order valence-corrected chi connectivity index (χ3v) is 8.56. The highest BCUT2D eigenvalue weighted by atomic mass is 16.6. The van der Waals surface area contributed by atoms with Gasteiger partial charge in [-0.3, -0.25) is 19.2 Å². The molecule has 0 aromatic carbocycles. The summed E-state index contributed by atoms with van der Waals surface area (Å²) in [7, 11) is 0. The van der Waals surface area contributed by atoms with Gasteiger partial charge in [-0.05, 0) is 31.9 Å². The minimum atomic E-state index is -0.767. The maximum absolute atomic E-state index is 12.9. The summed E-state index contributed by atoms with van der Waals surface area (Å²) in [5.41, 5.74) is 0.508. The molecular weight excluding hydrogens is 684 g/mol. The smallest absolute Gasteiger partial charge is 0.344 e. The van der Waals surface area contributed by atoms with Crippen LogP contribution in [0.1, 0.15) is 87.6 Å². The van der Waals surface area contributed by atoms with E-state index in [4.69, 9.17) is 37.9 Å². The third kappa shape index (κ3) is 10.8. The number of carbonyl (C=O) groups excluding carboxylic acids is 6. The molecule has 52 heavy (non-hydrogen) atoms. The van der Waals surface area contributed by atoms with Crippen LogP contribution in [0.25, 0.3) is 0 Å². The number of hydrogen-bond donors (Lipinski definition) is 0. The van der Waals surface area contributed by atoms with Gasteiger partial charge in [0.05, 0.1) is 19.1 Å². The quantitative estimate of drug-likeness (QED) is 0.112. The first-order valence-corrected chi connectivity index (χ1v) is 17.0. The van der Waals surface area contributed by atoms with E-state index in [0.29, 0.717) is 12.8 Å². The van der Waals surface area contributed by atoms with E-state index < -0.39 is 72.7 Å². The second-order valence-corrected chi connectivity index (χ2v) is 12.7. The zero-order chi connectivity index (χ0) is 37.9. The highest BCUT2D eigenvalue weighted by Crippen LogP contribution is 2.34. The lowest BCUT2D eigenvalue weighted by Gasteiger charge is -2.19. The first-order chi connectivity index (χ1) is 24.7. The molecule has 0 saturated carbocycles. The molecule has 2 fully saturated rings. The summed E-state index contributed by atoms with van der Waals surface area (Å²) in [6.07, 6.45) is 3.38. The highest BCUT2D eigenvalue weighted by Gasteiger charge is 2.51. The molecule has 4 heterocycles. The molecule has 2 saturated heterocycles. The number of pyridine rings is 2. The zero-order valence-electron chi connectivity index (χ0n) is 30.1. The Balaban J connectivity index is 1.26. The van der Waals surface area contributed by atoms with Gasteiger partial charge in [0.15, 0.2) is 30.9 Å². The summed E-state index contributed by atoms with van der Waals surface area (Å²) in [5, 5.41) is 0. The SMILES string of the molecule is CC(=O)OC[C@H]1O[C@@H]([n+]2cccc(C(=O)OCCCCOC(=O)c3ccc[n+]([C@@H]4O[C@H](COC(C)=O)[C@@H](OC(C)=O)[C@H]4C)c3)c2)[C@H](OC(C)=O)[C@@H]1C. The Kier molecular flexibility index (Phi) is 14.2. The number of aromatic nitrogens is 2. The third-order valence-electron chi connectivity index (χ3n) is 8.56. The van der Waals surface area contributed by atoms with Crippen LogP contribution in [0, 0.1) is 11.8 Å². The molecule has 282 valence electrons. The monoisotopic (exact) mass is 730 g/mol. The molecule has 0 N–H and O–H groups in total. The van der Waals surface area contributed by atoms with Crippen LogP contribution in [-0.2, 0) is 57.1 Å². The van der Waals surface area contributed by atoms with Gasteiger partial charge in [-0.15, -0.1) is 0 Å². The van der Waals surface area contributed by atoms with Crippen LogP contribution >= 0.6 is 0 Å². The fraction of sp³-hybridized carbons (Fsp3) is 0.556. The number of unbranched alkanes of at least 4 members (excludes halogenated alkanes) is 1. The van der Waals surface area contributed by atoms with Crippen LogP contribution in [0.15, 0.2) is 49.1 Å². The molecular formula is C36H46N2O14+2. The van der Waals surface area contributed by atoms with Gasteiger partial charge in [0.1, 0.15) is 42.7 Å². The van der Waals surface area contributed by atoms with Crippen molar-refractivity contribution in [3.05, 3.63) is 60.2 Å². The van der Waals surface area contributed by atoms with Crippen LogP contribution in [0.3, 0.4) is 0 Å². The molecule has 8 atom stereocenters. The van der Waals surface area contributed by atoms with Gasteiger partial charge in [0.25, 0.3) is 6.23 Å². The molecule has 2 aliphatic rings. The van der Waals surface area contributed by atoms with Crippen LogP contribution in [0.4, 0.5) is 0 Å². The molecule has 0 unspecified atom stereocenters. The number of carbonyl (C=O) groups is 6. The number of hydrogen-bond acceptors (Lipinski definition) is 14. The molecule has 0 aliphatic carbocycles. The lowest BCUT2D eigenvalue weighted by atomic mass is 10.0. The normalized spacial score (nSPS) is 25.1. The fourth-order valence-corrected chi connectivity index (χ4v) is 6.01. The summed E-state index contributed by atoms with van der Waals surface area (Å²) in [6.45, 7) is 8.86. The van der Waals surface area contributed by atoms with E-state index in [1.807, 2.05) is 13.8 Å². The van der Waals surface area contributed by atoms with Crippen molar-refractivity contribution in [1.29, 1.82) is 0 Å². The van der Waals surface area contributed by atoms with E-state index in [1.165, 1.54) is 33.9 Å². The molecule has 2 aromatic heterocycles. The summed E-state index contributed by atoms with van der Waals surface area (Å²) < 4.78 is 47.5. The first kappa shape index (κ1) is 39.8. The molecule has 0 bridgehead atoms. The maximum Gasteiger partial charge on any atom is 0.344 e. The standard InChI is InChI=1S/C36H46N2O14/c1-21-29(19-47-23(3)39)51-34(32(21)50-26(6)42)38-14-10-12-28(18-38)36(44)46-16-8-7-15-45-35(43)27-11-9-13-37(17-27)33-22(2)31(49-25(5)41)30(52-33)20-48-24(4)40/h9-14,17-18,21-22,29-34H,7-8,15-16,19-20H2,1-6H3/q+2/t21-,22-,29-,30-,31+,32-,33-,34-/m1/s1. The minimum absolute atomic E-state index is 0.0115. The largest absolute Gasteiger partial charge is 0.463 e. The summed E-state index contributed by atoms with van der Waals surface area (Å²) >= 11 is 0. The molecule has 0 spiro atoms. The van der Waals surface area contributed by atoms with E-state index in [9.17, 15) is 28.8 Å². The summed E-state index contributed by atoms with van der Waals surface area (Å²) in [6, 6.07) is 6.48. The van der Waals surface area contributed by atoms with Crippen molar-refractivity contribution in [2.75, 3.05) is 26.4 Å². The molecule has 0 radical (unpaired) electrons. The molecule has 16 heteroatoms. The van der Waals surface area contributed by atoms with Gasteiger partial charge in [0, 0.05) is 45.7 Å². The molecule has 16 nitrogen and oxygen atoms in total. The molecule has 4 rings (SSSR count). The van der Waals surface area contributed by atoms with E-state index in [2.05, 4.69) is 0 Å². The summed E-state index contributed by atoms with van der Waals surface area (Å²) in [4.78, 5) is 71.9. The van der Waals surface area contributed by atoms with Crippen molar-refractivity contribution in [2.24, 2.45) is 11.8 Å². The van der Waals surface area contributed by atoms with E-state index in [0.717, 1.165) is 0 Å². The molecule has 0 amide bonds. The lowest BCUT2D eigenvalue weighted by Crippen LogP contribution is -2.46. The molecule has 2 aliphatic heterocycles. The predicted molar refractivity (Wildman–Crippen MR) is 174 cm³/mol. The summed E-state index contributed by atoms with van der Waals surface area (Å²) in [5.74, 6) is -3.71. The van der Waals surface area contributed by atoms with Crippen LogP contribution in [-0.4, -0.2) is 86.7 Å². The van der Waals surface area contributed by atoms with Crippen LogP contribution in [0.2, 0.25) is 0 Å². The van der Waals surface area contributed by atoms with Crippen molar-refractivity contribution >= 4 is 35.8 Å². The van der Waals surface area contributed by atoms with Crippen molar-refractivity contribution in [3.8, 4) is 0 Å². The zero-order valence-corrected chi connectivity index (χ0v) is 30.1. The van der Waals surface area contributed by atoms with Gasteiger partial charge >= 0.3 is 42.0 Å². The van der Waals surface area contributed by atoms with E-state index in [1.54, 1.807) is 52.0 Å². The number of esters is 6. The Morgan fingerprint density at radius 3 is 1.56 bits per heavy atom. The second-order valence-electron chi connectivity index (χ2n) is 12.7. The Morgan fingerprint density at radius 2 is 1.06 bits per heavy atom. The Labute approximate surface area is 301 Å². The van der Waals surface area contributed by atoms with Gasteiger partial charge in [0.2, 0.25) is 0 Å².